The lowest BCUT2D eigenvalue weighted by atomic mass is 10.0. The van der Waals surface area contributed by atoms with Gasteiger partial charge in [-0.1, -0.05) is 189 Å². The van der Waals surface area contributed by atoms with Gasteiger partial charge < -0.3 is 27.9 Å². The molecule has 0 radical (unpaired) electrons. The number of carbonyl (C=O) groups is 1. The summed E-state index contributed by atoms with van der Waals surface area (Å²) >= 11 is 0. The fraction of sp³-hybridized carbons (Fsp3) is 0.735. The Morgan fingerprint density at radius 2 is 0.966 bits per heavy atom. The number of quaternary nitrogens is 1. The standard InChI is InChI=1S/C49H88NO7P/c1-6-8-10-12-14-16-18-20-22-24-25-26-28-30-32-34-36-38-40-42-49(51)57-48(47-56-58(52,53)55-45-43-50(3,4)5)46-54-44-41-39-37-35-33-31-29-27-23-21-19-17-15-13-11-9-7-2/h8,10,14,16,20,22,25-26,30,32,36,38,48H,6-7,9,11-13,15,17-19,21,23-24,27-29,31,33-35,37,39-47H2,1-5H3/b10-8-,16-14-,22-20-,26-25-,32-30-,38-36-. The van der Waals surface area contributed by atoms with Crippen LogP contribution < -0.4 is 4.89 Å². The molecule has 0 aromatic heterocycles. The molecule has 58 heavy (non-hydrogen) atoms. The first-order valence-corrected chi connectivity index (χ1v) is 24.6. The first-order valence-electron chi connectivity index (χ1n) is 23.2. The van der Waals surface area contributed by atoms with Crippen LogP contribution in [0.25, 0.3) is 0 Å². The van der Waals surface area contributed by atoms with Crippen molar-refractivity contribution in [2.75, 3.05) is 54.1 Å². The lowest BCUT2D eigenvalue weighted by molar-refractivity contribution is -0.870. The van der Waals surface area contributed by atoms with Gasteiger partial charge in [-0.2, -0.15) is 0 Å². The Morgan fingerprint density at radius 3 is 1.40 bits per heavy atom. The maximum absolute atomic E-state index is 12.7. The van der Waals surface area contributed by atoms with Gasteiger partial charge in [-0.15, -0.1) is 0 Å². The van der Waals surface area contributed by atoms with E-state index in [-0.39, 0.29) is 26.2 Å². The molecule has 0 aliphatic carbocycles. The minimum Gasteiger partial charge on any atom is -0.756 e. The van der Waals surface area contributed by atoms with E-state index in [0.29, 0.717) is 24.1 Å². The average Bonchev–Trinajstić information content (AvgIpc) is 3.18. The SMILES string of the molecule is CC/C=C\C/C=C\C/C=C\C/C=C\C/C=C\C/C=C\CCC(=O)OC(COCCCCCCCCCCCCCCCCCCC)COP(=O)([O-])OCC[N+](C)(C)C. The summed E-state index contributed by atoms with van der Waals surface area (Å²) in [5.41, 5.74) is 0. The minimum atomic E-state index is -4.55. The highest BCUT2D eigenvalue weighted by Crippen LogP contribution is 2.38. The van der Waals surface area contributed by atoms with Crippen LogP contribution in [0.4, 0.5) is 0 Å². The Kier molecular flexibility index (Phi) is 40.2. The van der Waals surface area contributed by atoms with E-state index in [1.807, 2.05) is 33.3 Å². The Labute approximate surface area is 357 Å². The normalized spacial score (nSPS) is 14.4. The van der Waals surface area contributed by atoms with Crippen LogP contribution in [0.3, 0.4) is 0 Å². The summed E-state index contributed by atoms with van der Waals surface area (Å²) < 4.78 is 34.5. The molecule has 0 rings (SSSR count). The minimum absolute atomic E-state index is 0.0104. The predicted molar refractivity (Wildman–Crippen MR) is 245 cm³/mol. The molecule has 2 atom stereocenters. The molecule has 0 fully saturated rings. The van der Waals surface area contributed by atoms with Crippen molar-refractivity contribution in [1.29, 1.82) is 0 Å². The molecule has 0 aromatic carbocycles. The molecule has 336 valence electrons. The van der Waals surface area contributed by atoms with Crippen LogP contribution in [0.5, 0.6) is 0 Å². The van der Waals surface area contributed by atoms with Crippen molar-refractivity contribution in [2.24, 2.45) is 0 Å². The molecule has 0 aromatic rings. The van der Waals surface area contributed by atoms with Gasteiger partial charge in [0, 0.05) is 13.0 Å². The van der Waals surface area contributed by atoms with Gasteiger partial charge in [-0.25, -0.2) is 0 Å². The van der Waals surface area contributed by atoms with Crippen molar-refractivity contribution in [3.8, 4) is 0 Å². The van der Waals surface area contributed by atoms with Gasteiger partial charge in [-0.3, -0.25) is 9.36 Å². The van der Waals surface area contributed by atoms with E-state index in [2.05, 4.69) is 74.6 Å². The van der Waals surface area contributed by atoms with Gasteiger partial charge in [-0.05, 0) is 51.4 Å². The van der Waals surface area contributed by atoms with Crippen LogP contribution >= 0.6 is 7.82 Å². The number of nitrogens with zero attached hydrogens (tertiary/aromatic N) is 1. The number of allylic oxidation sites excluding steroid dienone is 12. The van der Waals surface area contributed by atoms with Gasteiger partial charge in [0.1, 0.15) is 19.3 Å². The van der Waals surface area contributed by atoms with Crippen LogP contribution in [-0.2, 0) is 27.9 Å². The van der Waals surface area contributed by atoms with E-state index < -0.39 is 19.9 Å². The molecule has 0 bridgehead atoms. The zero-order chi connectivity index (χ0) is 42.7. The Hall–Kier alpha value is -2.06. The fourth-order valence-corrected chi connectivity index (χ4v) is 6.71. The number of likely N-dealkylation sites (N-methyl/N-ethyl adjacent to an activating group) is 1. The van der Waals surface area contributed by atoms with Crippen molar-refractivity contribution in [3.63, 3.8) is 0 Å². The van der Waals surface area contributed by atoms with Crippen molar-refractivity contribution in [2.45, 2.75) is 180 Å². The number of ether oxygens (including phenoxy) is 2. The highest BCUT2D eigenvalue weighted by atomic mass is 31.2. The number of hydrogen-bond donors (Lipinski definition) is 0. The average molecular weight is 834 g/mol. The predicted octanol–water partition coefficient (Wildman–Crippen LogP) is 13.3. The van der Waals surface area contributed by atoms with Gasteiger partial charge in [0.25, 0.3) is 7.82 Å². The maximum atomic E-state index is 12.7. The summed E-state index contributed by atoms with van der Waals surface area (Å²) in [5, 5.41) is 0. The third-order valence-electron chi connectivity index (χ3n) is 9.54. The molecule has 0 aliphatic heterocycles. The summed E-state index contributed by atoms with van der Waals surface area (Å²) in [4.78, 5) is 25.1. The second-order valence-electron chi connectivity index (χ2n) is 16.4. The lowest BCUT2D eigenvalue weighted by Gasteiger charge is -2.28. The van der Waals surface area contributed by atoms with Crippen LogP contribution in [0.1, 0.15) is 174 Å². The van der Waals surface area contributed by atoms with E-state index in [1.165, 1.54) is 96.3 Å². The van der Waals surface area contributed by atoms with Crippen molar-refractivity contribution < 1.29 is 37.3 Å². The van der Waals surface area contributed by atoms with Crippen LogP contribution in [-0.4, -0.2) is 70.7 Å². The van der Waals surface area contributed by atoms with Crippen molar-refractivity contribution in [1.82, 2.24) is 0 Å². The quantitative estimate of drug-likeness (QED) is 0.0199. The van der Waals surface area contributed by atoms with Crippen LogP contribution in [0, 0.1) is 0 Å². The monoisotopic (exact) mass is 834 g/mol. The fourth-order valence-electron chi connectivity index (χ4n) is 5.98. The second kappa shape index (κ2) is 41.7. The highest BCUT2D eigenvalue weighted by molar-refractivity contribution is 7.45. The van der Waals surface area contributed by atoms with E-state index in [1.54, 1.807) is 0 Å². The number of esters is 1. The molecular weight excluding hydrogens is 746 g/mol. The van der Waals surface area contributed by atoms with Gasteiger partial charge in [0.2, 0.25) is 0 Å². The number of carbonyl (C=O) groups excluding carboxylic acids is 1. The Bertz CT molecular complexity index is 1150. The summed E-state index contributed by atoms with van der Waals surface area (Å²) in [6.07, 6.45) is 53.6. The molecule has 9 heteroatoms. The molecule has 8 nitrogen and oxygen atoms in total. The zero-order valence-corrected chi connectivity index (χ0v) is 38.9. The van der Waals surface area contributed by atoms with Crippen LogP contribution in [0.15, 0.2) is 72.9 Å². The number of phosphoric ester groups is 1. The third-order valence-corrected chi connectivity index (χ3v) is 10.5. The number of unbranched alkanes of at least 4 members (excludes halogenated alkanes) is 16. The molecule has 2 unspecified atom stereocenters. The zero-order valence-electron chi connectivity index (χ0n) is 38.0. The summed E-state index contributed by atoms with van der Waals surface area (Å²) in [7, 11) is 1.31. The Balaban J connectivity index is 4.34. The lowest BCUT2D eigenvalue weighted by Crippen LogP contribution is -2.37. The molecule has 0 saturated heterocycles. The van der Waals surface area contributed by atoms with Gasteiger partial charge in [0.15, 0.2) is 0 Å². The van der Waals surface area contributed by atoms with Crippen LogP contribution in [0.2, 0.25) is 0 Å². The van der Waals surface area contributed by atoms with E-state index >= 15 is 0 Å². The highest BCUT2D eigenvalue weighted by Gasteiger charge is 2.20. The largest absolute Gasteiger partial charge is 0.756 e. The summed E-state index contributed by atoms with van der Waals surface area (Å²) in [5.74, 6) is -0.416. The van der Waals surface area contributed by atoms with Gasteiger partial charge >= 0.3 is 5.97 Å². The van der Waals surface area contributed by atoms with E-state index in [4.69, 9.17) is 18.5 Å². The van der Waals surface area contributed by atoms with E-state index in [9.17, 15) is 14.3 Å². The van der Waals surface area contributed by atoms with Gasteiger partial charge in [0.05, 0.1) is 34.4 Å². The van der Waals surface area contributed by atoms with Crippen molar-refractivity contribution >= 4 is 13.8 Å². The number of phosphoric acid groups is 1. The smallest absolute Gasteiger partial charge is 0.306 e. The molecule has 0 heterocycles. The number of rotatable bonds is 42. The second-order valence-corrected chi connectivity index (χ2v) is 17.8. The first-order chi connectivity index (χ1) is 28.1. The summed E-state index contributed by atoms with van der Waals surface area (Å²) in [6, 6.07) is 0. The molecule has 0 N–H and O–H groups in total. The molecule has 0 spiro atoms. The molecule has 0 amide bonds. The molecule has 0 saturated carbocycles. The first kappa shape index (κ1) is 55.9. The topological polar surface area (TPSA) is 94.1 Å². The number of hydrogen-bond acceptors (Lipinski definition) is 7. The Morgan fingerprint density at radius 1 is 0.552 bits per heavy atom. The molecule has 0 aliphatic rings. The molecular formula is C49H88NO7P. The summed E-state index contributed by atoms with van der Waals surface area (Å²) in [6.45, 7) is 5.20. The van der Waals surface area contributed by atoms with E-state index in [0.717, 1.165) is 51.4 Å². The maximum Gasteiger partial charge on any atom is 0.306 e. The van der Waals surface area contributed by atoms with Crippen molar-refractivity contribution in [3.05, 3.63) is 72.9 Å². The third kappa shape index (κ3) is 45.0.